The molecule has 2 heteroatoms. The third kappa shape index (κ3) is 2.21. The predicted molar refractivity (Wildman–Crippen MR) is 61.6 cm³/mol. The number of aliphatic hydroxyl groups is 1. The van der Waals surface area contributed by atoms with Crippen LogP contribution in [0.1, 0.15) is 31.2 Å². The fraction of sp³-hybridized carbons (Fsp3) is 0.538. The number of hydrogen-bond acceptors (Lipinski definition) is 2. The van der Waals surface area contributed by atoms with Crippen molar-refractivity contribution in [1.29, 1.82) is 0 Å². The van der Waals surface area contributed by atoms with E-state index in [1.807, 2.05) is 13.0 Å². The van der Waals surface area contributed by atoms with Crippen LogP contribution in [-0.4, -0.2) is 17.3 Å². The minimum atomic E-state index is -0.588. The molecule has 1 aromatic carbocycles. The Morgan fingerprint density at radius 2 is 2.07 bits per heavy atom. The highest BCUT2D eigenvalue weighted by Gasteiger charge is 2.49. The standard InChI is InChI=1S/C13H19NO/c1-13(15,7-8-14)12-9-11(12)10-5-3-2-4-6-10/h2-6,11-12,15H,7-9,14H2,1H3. The van der Waals surface area contributed by atoms with E-state index in [0.717, 1.165) is 6.42 Å². The van der Waals surface area contributed by atoms with Crippen LogP contribution in [0.15, 0.2) is 30.3 Å². The monoisotopic (exact) mass is 205 g/mol. The quantitative estimate of drug-likeness (QED) is 0.788. The molecule has 1 aromatic rings. The van der Waals surface area contributed by atoms with Gasteiger partial charge in [-0.2, -0.15) is 0 Å². The summed E-state index contributed by atoms with van der Waals surface area (Å²) in [5.74, 6) is 0.927. The normalized spacial score (nSPS) is 28.5. The Balaban J connectivity index is 2.02. The molecular weight excluding hydrogens is 186 g/mol. The van der Waals surface area contributed by atoms with Gasteiger partial charge in [-0.15, -0.1) is 0 Å². The SMILES string of the molecule is CC(O)(CCN)C1CC1c1ccccc1. The largest absolute Gasteiger partial charge is 0.390 e. The van der Waals surface area contributed by atoms with Gasteiger partial charge < -0.3 is 10.8 Å². The Hall–Kier alpha value is -0.860. The Morgan fingerprint density at radius 3 is 2.67 bits per heavy atom. The molecule has 3 unspecified atom stereocenters. The zero-order chi connectivity index (χ0) is 10.9. The summed E-state index contributed by atoms with van der Waals surface area (Å²) in [7, 11) is 0. The first-order valence-electron chi connectivity index (χ1n) is 5.62. The van der Waals surface area contributed by atoms with Gasteiger partial charge in [0.15, 0.2) is 0 Å². The molecule has 1 saturated carbocycles. The molecular formula is C13H19NO. The molecule has 0 saturated heterocycles. The fourth-order valence-electron chi connectivity index (χ4n) is 2.43. The molecule has 2 nitrogen and oxygen atoms in total. The third-order valence-corrected chi connectivity index (χ3v) is 3.47. The first-order chi connectivity index (χ1) is 7.15. The highest BCUT2D eigenvalue weighted by atomic mass is 16.3. The molecule has 0 heterocycles. The second-order valence-electron chi connectivity index (χ2n) is 4.76. The van der Waals surface area contributed by atoms with Gasteiger partial charge >= 0.3 is 0 Å². The molecule has 0 bridgehead atoms. The maximum absolute atomic E-state index is 10.2. The maximum Gasteiger partial charge on any atom is 0.0665 e. The molecule has 3 N–H and O–H groups in total. The lowest BCUT2D eigenvalue weighted by atomic mass is 9.93. The van der Waals surface area contributed by atoms with E-state index in [9.17, 15) is 5.11 Å². The molecule has 0 aliphatic heterocycles. The Bertz CT molecular complexity index is 321. The molecule has 1 fully saturated rings. The zero-order valence-electron chi connectivity index (χ0n) is 9.19. The van der Waals surface area contributed by atoms with Crippen LogP contribution >= 0.6 is 0 Å². The Labute approximate surface area is 91.1 Å². The summed E-state index contributed by atoms with van der Waals surface area (Å²) < 4.78 is 0. The first kappa shape index (κ1) is 10.7. The summed E-state index contributed by atoms with van der Waals surface area (Å²) in [4.78, 5) is 0. The summed E-state index contributed by atoms with van der Waals surface area (Å²) in [5, 5.41) is 10.2. The molecule has 0 amide bonds. The van der Waals surface area contributed by atoms with Crippen molar-refractivity contribution in [3.8, 4) is 0 Å². The highest BCUT2D eigenvalue weighted by molar-refractivity contribution is 5.27. The van der Waals surface area contributed by atoms with Gasteiger partial charge in [0.05, 0.1) is 5.60 Å². The van der Waals surface area contributed by atoms with Crippen molar-refractivity contribution in [3.05, 3.63) is 35.9 Å². The van der Waals surface area contributed by atoms with Crippen molar-refractivity contribution in [3.63, 3.8) is 0 Å². The molecule has 2 rings (SSSR count). The van der Waals surface area contributed by atoms with E-state index in [-0.39, 0.29) is 0 Å². The molecule has 0 spiro atoms. The van der Waals surface area contributed by atoms with Gasteiger partial charge in [0.2, 0.25) is 0 Å². The van der Waals surface area contributed by atoms with E-state index in [2.05, 4.69) is 24.3 Å². The minimum Gasteiger partial charge on any atom is -0.390 e. The zero-order valence-corrected chi connectivity index (χ0v) is 9.19. The summed E-state index contributed by atoms with van der Waals surface area (Å²) in [5.41, 5.74) is 6.26. The van der Waals surface area contributed by atoms with E-state index >= 15 is 0 Å². The van der Waals surface area contributed by atoms with Crippen LogP contribution in [-0.2, 0) is 0 Å². The summed E-state index contributed by atoms with van der Waals surface area (Å²) in [6, 6.07) is 10.4. The van der Waals surface area contributed by atoms with Gasteiger partial charge in [-0.3, -0.25) is 0 Å². The average molecular weight is 205 g/mol. The second kappa shape index (κ2) is 3.95. The van der Waals surface area contributed by atoms with Gasteiger partial charge in [0.1, 0.15) is 0 Å². The van der Waals surface area contributed by atoms with Crippen molar-refractivity contribution in [2.45, 2.75) is 31.3 Å². The minimum absolute atomic E-state index is 0.392. The van der Waals surface area contributed by atoms with Gasteiger partial charge in [0.25, 0.3) is 0 Å². The first-order valence-corrected chi connectivity index (χ1v) is 5.62. The van der Waals surface area contributed by atoms with Crippen LogP contribution in [0.3, 0.4) is 0 Å². The maximum atomic E-state index is 10.2. The molecule has 1 aliphatic carbocycles. The molecule has 3 atom stereocenters. The van der Waals surface area contributed by atoms with Crippen molar-refractivity contribution in [2.24, 2.45) is 11.7 Å². The lowest BCUT2D eigenvalue weighted by molar-refractivity contribution is 0.0285. The molecule has 0 radical (unpaired) electrons. The number of benzene rings is 1. The average Bonchev–Trinajstić information content (AvgIpc) is 2.99. The Kier molecular flexibility index (Phi) is 2.81. The van der Waals surface area contributed by atoms with Crippen molar-refractivity contribution in [1.82, 2.24) is 0 Å². The van der Waals surface area contributed by atoms with E-state index in [1.165, 1.54) is 5.56 Å². The van der Waals surface area contributed by atoms with Crippen LogP contribution in [0.25, 0.3) is 0 Å². The smallest absolute Gasteiger partial charge is 0.0665 e. The second-order valence-corrected chi connectivity index (χ2v) is 4.76. The van der Waals surface area contributed by atoms with Gasteiger partial charge in [-0.05, 0) is 43.7 Å². The number of hydrogen-bond donors (Lipinski definition) is 2. The lowest BCUT2D eigenvalue weighted by Gasteiger charge is -2.22. The van der Waals surface area contributed by atoms with Crippen LogP contribution in [0, 0.1) is 5.92 Å². The van der Waals surface area contributed by atoms with E-state index in [0.29, 0.717) is 24.8 Å². The van der Waals surface area contributed by atoms with Crippen LogP contribution in [0.4, 0.5) is 0 Å². The van der Waals surface area contributed by atoms with Gasteiger partial charge in [-0.25, -0.2) is 0 Å². The number of nitrogens with two attached hydrogens (primary N) is 1. The summed E-state index contributed by atoms with van der Waals surface area (Å²) in [6.45, 7) is 2.47. The fourth-order valence-corrected chi connectivity index (χ4v) is 2.43. The summed E-state index contributed by atoms with van der Waals surface area (Å²) >= 11 is 0. The summed E-state index contributed by atoms with van der Waals surface area (Å²) in [6.07, 6.45) is 1.79. The molecule has 15 heavy (non-hydrogen) atoms. The van der Waals surface area contributed by atoms with Crippen LogP contribution in [0.5, 0.6) is 0 Å². The molecule has 1 aliphatic rings. The van der Waals surface area contributed by atoms with Crippen molar-refractivity contribution >= 4 is 0 Å². The van der Waals surface area contributed by atoms with Crippen molar-refractivity contribution < 1.29 is 5.11 Å². The predicted octanol–water partition coefficient (Wildman–Crippen LogP) is 1.89. The van der Waals surface area contributed by atoms with E-state index < -0.39 is 5.60 Å². The highest BCUT2D eigenvalue weighted by Crippen LogP contribution is 2.54. The van der Waals surface area contributed by atoms with Crippen molar-refractivity contribution in [2.75, 3.05) is 6.54 Å². The topological polar surface area (TPSA) is 46.2 Å². The van der Waals surface area contributed by atoms with Crippen LogP contribution < -0.4 is 5.73 Å². The Morgan fingerprint density at radius 1 is 1.40 bits per heavy atom. The van der Waals surface area contributed by atoms with Gasteiger partial charge in [0, 0.05) is 0 Å². The van der Waals surface area contributed by atoms with E-state index in [1.54, 1.807) is 0 Å². The number of rotatable bonds is 4. The molecule has 0 aromatic heterocycles. The lowest BCUT2D eigenvalue weighted by Crippen LogP contribution is -2.30. The third-order valence-electron chi connectivity index (χ3n) is 3.47. The van der Waals surface area contributed by atoms with Crippen LogP contribution in [0.2, 0.25) is 0 Å². The van der Waals surface area contributed by atoms with Gasteiger partial charge in [-0.1, -0.05) is 30.3 Å². The van der Waals surface area contributed by atoms with E-state index in [4.69, 9.17) is 5.73 Å². The molecule has 82 valence electrons.